The molecule has 4 heteroatoms. The number of nitrogens with two attached hydrogens (primary N) is 1. The molecule has 66 valence electrons. The van der Waals surface area contributed by atoms with Gasteiger partial charge in [-0.3, -0.25) is 0 Å². The molecule has 0 bridgehead atoms. The normalized spacial score (nSPS) is 20.6. The molecule has 0 aliphatic heterocycles. The third-order valence-corrected chi connectivity index (χ3v) is 5.08. The van der Waals surface area contributed by atoms with E-state index in [1.807, 2.05) is 6.07 Å². The largest absolute Gasteiger partial charge is 0.321 e. The van der Waals surface area contributed by atoms with E-state index in [2.05, 4.69) is 15.9 Å². The minimum Gasteiger partial charge on any atom is -0.321 e. The second-order valence-corrected chi connectivity index (χ2v) is 5.75. The Hall–Kier alpha value is 0.430. The molecule has 0 unspecified atom stereocenters. The van der Waals surface area contributed by atoms with Gasteiger partial charge in [0.15, 0.2) is 0 Å². The van der Waals surface area contributed by atoms with Crippen molar-refractivity contribution in [3.63, 3.8) is 0 Å². The fraction of sp³-hybridized carbons (Fsp3) is 0.500. The quantitative estimate of drug-likeness (QED) is 0.827. The van der Waals surface area contributed by atoms with Gasteiger partial charge in [-0.25, -0.2) is 0 Å². The summed E-state index contributed by atoms with van der Waals surface area (Å²) in [5.41, 5.74) is 6.07. The van der Waals surface area contributed by atoms with Crippen molar-refractivity contribution in [1.29, 1.82) is 0 Å². The van der Waals surface area contributed by atoms with Crippen LogP contribution in [0.3, 0.4) is 0 Å². The summed E-state index contributed by atoms with van der Waals surface area (Å²) in [5, 5.41) is 0. The number of thiophene rings is 1. The zero-order chi connectivity index (χ0) is 8.77. The molecule has 1 aromatic rings. The summed E-state index contributed by atoms with van der Waals surface area (Å²) in [6, 6.07) is 2.05. The Morgan fingerprint density at radius 3 is 2.58 bits per heavy atom. The van der Waals surface area contributed by atoms with E-state index in [0.717, 1.165) is 21.7 Å². The molecule has 0 radical (unpaired) electrons. The lowest BCUT2D eigenvalue weighted by Gasteiger charge is -2.37. The first-order valence-corrected chi connectivity index (χ1v) is 5.85. The molecule has 1 aliphatic rings. The molecule has 1 aromatic heterocycles. The highest BCUT2D eigenvalue weighted by molar-refractivity contribution is 9.10. The van der Waals surface area contributed by atoms with Crippen LogP contribution in [0.1, 0.15) is 24.1 Å². The standard InChI is InChI=1S/C8H9BrClNS/c9-5-4-6(12-7(5)10)8(11)2-1-3-8/h4H,1-3,11H2. The van der Waals surface area contributed by atoms with Crippen molar-refractivity contribution >= 4 is 38.9 Å². The summed E-state index contributed by atoms with van der Waals surface area (Å²) in [6.07, 6.45) is 3.43. The zero-order valence-corrected chi connectivity index (χ0v) is 9.60. The molecule has 0 saturated heterocycles. The maximum atomic E-state index is 6.14. The van der Waals surface area contributed by atoms with Crippen molar-refractivity contribution in [2.75, 3.05) is 0 Å². The van der Waals surface area contributed by atoms with E-state index in [0.29, 0.717) is 0 Å². The number of hydrogen-bond acceptors (Lipinski definition) is 2. The van der Waals surface area contributed by atoms with Gasteiger partial charge >= 0.3 is 0 Å². The van der Waals surface area contributed by atoms with E-state index < -0.39 is 0 Å². The Balaban J connectivity index is 2.34. The maximum Gasteiger partial charge on any atom is 0.107 e. The molecule has 0 aromatic carbocycles. The molecular formula is C8H9BrClNS. The highest BCUT2D eigenvalue weighted by Crippen LogP contribution is 2.45. The lowest BCUT2D eigenvalue weighted by Crippen LogP contribution is -2.42. The minimum absolute atomic E-state index is 0.0691. The van der Waals surface area contributed by atoms with Crippen LogP contribution in [0, 0.1) is 0 Å². The van der Waals surface area contributed by atoms with Crippen LogP contribution < -0.4 is 5.73 Å². The number of hydrogen-bond donors (Lipinski definition) is 1. The molecule has 2 N–H and O–H groups in total. The third-order valence-electron chi connectivity index (χ3n) is 2.38. The van der Waals surface area contributed by atoms with Crippen molar-refractivity contribution in [3.8, 4) is 0 Å². The molecule has 2 rings (SSSR count). The van der Waals surface area contributed by atoms with Crippen LogP contribution in [0.25, 0.3) is 0 Å². The van der Waals surface area contributed by atoms with Crippen molar-refractivity contribution in [1.82, 2.24) is 0 Å². The van der Waals surface area contributed by atoms with Crippen LogP contribution in [-0.4, -0.2) is 0 Å². The first-order chi connectivity index (χ1) is 5.62. The van der Waals surface area contributed by atoms with Crippen molar-refractivity contribution in [2.24, 2.45) is 5.73 Å². The first kappa shape index (κ1) is 9.00. The van der Waals surface area contributed by atoms with Gasteiger partial charge in [0.05, 0.1) is 5.54 Å². The van der Waals surface area contributed by atoms with E-state index in [9.17, 15) is 0 Å². The molecular weight excluding hydrogens is 258 g/mol. The molecule has 1 fully saturated rings. The molecule has 0 spiro atoms. The number of halogens is 2. The van der Waals surface area contributed by atoms with E-state index >= 15 is 0 Å². The SMILES string of the molecule is NC1(c2cc(Br)c(Cl)s2)CCC1. The molecule has 1 nitrogen and oxygen atoms in total. The maximum absolute atomic E-state index is 6.14. The smallest absolute Gasteiger partial charge is 0.107 e. The van der Waals surface area contributed by atoms with Crippen LogP contribution in [0.2, 0.25) is 4.34 Å². The van der Waals surface area contributed by atoms with Gasteiger partial charge in [0.1, 0.15) is 4.34 Å². The Bertz CT molecular complexity index is 287. The predicted molar refractivity (Wildman–Crippen MR) is 56.7 cm³/mol. The van der Waals surface area contributed by atoms with Gasteiger partial charge in [-0.2, -0.15) is 0 Å². The first-order valence-electron chi connectivity index (χ1n) is 3.86. The van der Waals surface area contributed by atoms with Crippen LogP contribution in [-0.2, 0) is 5.54 Å². The monoisotopic (exact) mass is 265 g/mol. The van der Waals surface area contributed by atoms with Gasteiger partial charge in [0.25, 0.3) is 0 Å². The summed E-state index contributed by atoms with van der Waals surface area (Å²) < 4.78 is 1.78. The van der Waals surface area contributed by atoms with Crippen molar-refractivity contribution < 1.29 is 0 Å². The van der Waals surface area contributed by atoms with Crippen LogP contribution in [0.4, 0.5) is 0 Å². The molecule has 12 heavy (non-hydrogen) atoms. The summed E-state index contributed by atoms with van der Waals surface area (Å²) in [5.74, 6) is 0. The van der Waals surface area contributed by atoms with E-state index in [4.69, 9.17) is 17.3 Å². The van der Waals surface area contributed by atoms with Gasteiger partial charge in [-0.1, -0.05) is 11.6 Å². The predicted octanol–water partition coefficient (Wildman–Crippen LogP) is 3.50. The van der Waals surface area contributed by atoms with Gasteiger partial charge in [0, 0.05) is 9.35 Å². The fourth-order valence-corrected chi connectivity index (χ4v) is 3.26. The Kier molecular flexibility index (Phi) is 2.24. The molecule has 1 aliphatic carbocycles. The Labute approximate surface area is 89.0 Å². The second-order valence-electron chi connectivity index (χ2n) is 3.24. The van der Waals surface area contributed by atoms with Crippen LogP contribution in [0.5, 0.6) is 0 Å². The number of rotatable bonds is 1. The lowest BCUT2D eigenvalue weighted by molar-refractivity contribution is 0.259. The van der Waals surface area contributed by atoms with Gasteiger partial charge in [0.2, 0.25) is 0 Å². The highest BCUT2D eigenvalue weighted by atomic mass is 79.9. The topological polar surface area (TPSA) is 26.0 Å². The second kappa shape index (κ2) is 2.98. The third kappa shape index (κ3) is 1.33. The average molecular weight is 267 g/mol. The fourth-order valence-electron chi connectivity index (χ4n) is 1.40. The van der Waals surface area contributed by atoms with E-state index in [1.165, 1.54) is 11.3 Å². The molecule has 1 heterocycles. The average Bonchev–Trinajstić information content (AvgIpc) is 2.28. The van der Waals surface area contributed by atoms with Gasteiger partial charge in [-0.05, 0) is 41.3 Å². The summed E-state index contributed by atoms with van der Waals surface area (Å²) in [6.45, 7) is 0. The Morgan fingerprint density at radius 2 is 2.25 bits per heavy atom. The Morgan fingerprint density at radius 1 is 1.58 bits per heavy atom. The van der Waals surface area contributed by atoms with Gasteiger partial charge in [-0.15, -0.1) is 11.3 Å². The summed E-state index contributed by atoms with van der Waals surface area (Å²) in [4.78, 5) is 1.21. The highest BCUT2D eigenvalue weighted by Gasteiger charge is 2.36. The lowest BCUT2D eigenvalue weighted by atomic mass is 9.77. The summed E-state index contributed by atoms with van der Waals surface area (Å²) in [7, 11) is 0. The van der Waals surface area contributed by atoms with Crippen LogP contribution in [0.15, 0.2) is 10.5 Å². The van der Waals surface area contributed by atoms with Crippen molar-refractivity contribution in [2.45, 2.75) is 24.8 Å². The van der Waals surface area contributed by atoms with E-state index in [-0.39, 0.29) is 5.54 Å². The van der Waals surface area contributed by atoms with Crippen molar-refractivity contribution in [3.05, 3.63) is 19.8 Å². The van der Waals surface area contributed by atoms with Crippen LogP contribution >= 0.6 is 38.9 Å². The van der Waals surface area contributed by atoms with Gasteiger partial charge < -0.3 is 5.73 Å². The summed E-state index contributed by atoms with van der Waals surface area (Å²) >= 11 is 10.9. The zero-order valence-electron chi connectivity index (χ0n) is 6.44. The molecule has 0 amide bonds. The minimum atomic E-state index is -0.0691. The molecule has 0 atom stereocenters. The molecule has 1 saturated carbocycles. The van der Waals surface area contributed by atoms with E-state index in [1.54, 1.807) is 11.3 Å².